The van der Waals surface area contributed by atoms with Crippen LogP contribution in [0.3, 0.4) is 0 Å². The first-order valence-electron chi connectivity index (χ1n) is 22.2. The summed E-state index contributed by atoms with van der Waals surface area (Å²) in [6.07, 6.45) is 9.10. The number of hydrogen-bond donors (Lipinski definition) is 0. The van der Waals surface area contributed by atoms with Crippen molar-refractivity contribution < 1.29 is 0 Å². The summed E-state index contributed by atoms with van der Waals surface area (Å²) in [5.41, 5.74) is 25.3. The molecular formula is C61H44N2. The van der Waals surface area contributed by atoms with Gasteiger partial charge in [-0.1, -0.05) is 179 Å². The number of benzene rings is 9. The third-order valence-corrected chi connectivity index (χ3v) is 14.4. The number of rotatable bonds is 4. The molecule has 0 unspecified atom stereocenters. The van der Waals surface area contributed by atoms with Gasteiger partial charge < -0.3 is 9.80 Å². The standard InChI is InChI=1S/C61H44N2/c1-38-45-15-6-10-21-58(45)63(59-22-11-7-16-46(38)59)43-29-33-48-52-32-28-40(47-17-12-18-51(60(47)52)53(48)36-43)25-23-39-24-31-49-50-34-30-44(37-55(50)61(2,3)54(49)35-39)62-56-19-8-4-13-41(56)26-27-42-14-5-9-20-57(42)62/h4-38H,1-3H3/b25-23+. The van der Waals surface area contributed by atoms with Crippen LogP contribution in [0.4, 0.5) is 34.1 Å². The van der Waals surface area contributed by atoms with Crippen molar-refractivity contribution in [3.05, 3.63) is 226 Å². The van der Waals surface area contributed by atoms with Crippen molar-refractivity contribution >= 4 is 69.2 Å². The van der Waals surface area contributed by atoms with Crippen molar-refractivity contribution in [1.29, 1.82) is 0 Å². The van der Waals surface area contributed by atoms with Gasteiger partial charge in [0, 0.05) is 34.1 Å². The zero-order valence-corrected chi connectivity index (χ0v) is 35.6. The van der Waals surface area contributed by atoms with Gasteiger partial charge in [-0.3, -0.25) is 0 Å². The average Bonchev–Trinajstić information content (AvgIpc) is 3.68. The summed E-state index contributed by atoms with van der Waals surface area (Å²) in [6.45, 7) is 7.10. The van der Waals surface area contributed by atoms with Crippen molar-refractivity contribution in [1.82, 2.24) is 0 Å². The van der Waals surface area contributed by atoms with Crippen LogP contribution in [0.1, 0.15) is 71.2 Å². The molecule has 0 atom stereocenters. The molecule has 0 radical (unpaired) electrons. The summed E-state index contributed by atoms with van der Waals surface area (Å²) >= 11 is 0. The Kier molecular flexibility index (Phi) is 7.67. The fourth-order valence-electron chi connectivity index (χ4n) is 11.3. The Morgan fingerprint density at radius 1 is 0.429 bits per heavy atom. The van der Waals surface area contributed by atoms with E-state index in [1.165, 1.54) is 123 Å². The van der Waals surface area contributed by atoms with Crippen molar-refractivity contribution in [2.45, 2.75) is 32.1 Å². The van der Waals surface area contributed by atoms with Crippen LogP contribution in [0.2, 0.25) is 0 Å². The molecule has 0 bridgehead atoms. The third kappa shape index (κ3) is 5.25. The van der Waals surface area contributed by atoms with Gasteiger partial charge in [-0.25, -0.2) is 0 Å². The maximum Gasteiger partial charge on any atom is 0.0534 e. The maximum absolute atomic E-state index is 2.46. The Bertz CT molecular complexity index is 3370. The minimum absolute atomic E-state index is 0.170. The second kappa shape index (κ2) is 13.4. The highest BCUT2D eigenvalue weighted by atomic mass is 15.2. The molecule has 9 aromatic carbocycles. The van der Waals surface area contributed by atoms with E-state index in [2.05, 4.69) is 237 Å². The van der Waals surface area contributed by atoms with Crippen LogP contribution < -0.4 is 9.80 Å². The maximum atomic E-state index is 2.46. The van der Waals surface area contributed by atoms with Gasteiger partial charge in [0.25, 0.3) is 0 Å². The normalized spacial score (nSPS) is 14.8. The summed E-state index contributed by atoms with van der Waals surface area (Å²) in [5, 5.41) is 2.63. The fourth-order valence-corrected chi connectivity index (χ4v) is 11.3. The Morgan fingerprint density at radius 2 is 0.968 bits per heavy atom. The first-order chi connectivity index (χ1) is 30.9. The van der Waals surface area contributed by atoms with E-state index in [0.29, 0.717) is 5.92 Å². The van der Waals surface area contributed by atoms with E-state index in [4.69, 9.17) is 0 Å². The second-order valence-corrected chi connectivity index (χ2v) is 18.1. The summed E-state index contributed by atoms with van der Waals surface area (Å²) < 4.78 is 0. The third-order valence-electron chi connectivity index (χ3n) is 14.4. The number of nitrogens with zero attached hydrogens (tertiary/aromatic N) is 2. The van der Waals surface area contributed by atoms with Crippen LogP contribution >= 0.6 is 0 Å². The molecule has 2 nitrogen and oxygen atoms in total. The molecule has 0 spiro atoms. The monoisotopic (exact) mass is 804 g/mol. The molecule has 298 valence electrons. The van der Waals surface area contributed by atoms with E-state index in [9.17, 15) is 0 Å². The summed E-state index contributed by atoms with van der Waals surface area (Å²) in [5.74, 6) is 0.339. The average molecular weight is 805 g/mol. The molecule has 63 heavy (non-hydrogen) atoms. The van der Waals surface area contributed by atoms with Gasteiger partial charge in [-0.15, -0.1) is 0 Å². The van der Waals surface area contributed by atoms with Crippen LogP contribution in [0.5, 0.6) is 0 Å². The summed E-state index contributed by atoms with van der Waals surface area (Å²) in [4.78, 5) is 4.89. The predicted octanol–water partition coefficient (Wildman–Crippen LogP) is 16.9. The predicted molar refractivity (Wildman–Crippen MR) is 267 cm³/mol. The van der Waals surface area contributed by atoms with Gasteiger partial charge in [0.1, 0.15) is 0 Å². The molecule has 2 heteroatoms. The van der Waals surface area contributed by atoms with E-state index >= 15 is 0 Å². The molecule has 0 aromatic heterocycles. The van der Waals surface area contributed by atoms with Crippen molar-refractivity contribution in [3.8, 4) is 33.4 Å². The minimum atomic E-state index is -0.170. The van der Waals surface area contributed by atoms with Gasteiger partial charge in [0.2, 0.25) is 0 Å². The Balaban J connectivity index is 0.840. The van der Waals surface area contributed by atoms with E-state index in [1.54, 1.807) is 0 Å². The van der Waals surface area contributed by atoms with Gasteiger partial charge in [-0.05, 0) is 137 Å². The largest absolute Gasteiger partial charge is 0.310 e. The number of hydrogen-bond acceptors (Lipinski definition) is 2. The SMILES string of the molecule is CC1c2ccccc2N(c2ccc3c(c2)-c2cccc4c(/C=C/c5ccc6c(c5)C(C)(C)c5cc(N7c8ccccc8C=Cc8ccccc87)ccc5-6)ccc-3c24)c2ccccc21. The zero-order valence-electron chi connectivity index (χ0n) is 35.6. The molecule has 2 heterocycles. The first kappa shape index (κ1) is 36.0. The number of anilines is 6. The highest BCUT2D eigenvalue weighted by molar-refractivity contribution is 6.18. The smallest absolute Gasteiger partial charge is 0.0534 e. The molecule has 0 saturated heterocycles. The van der Waals surface area contributed by atoms with Crippen molar-refractivity contribution in [3.63, 3.8) is 0 Å². The zero-order chi connectivity index (χ0) is 42.0. The van der Waals surface area contributed by atoms with Gasteiger partial charge in [0.05, 0.1) is 11.4 Å². The molecule has 2 aliphatic carbocycles. The molecule has 0 N–H and O–H groups in total. The molecule has 0 fully saturated rings. The van der Waals surface area contributed by atoms with Crippen LogP contribution in [0, 0.1) is 0 Å². The van der Waals surface area contributed by atoms with Crippen LogP contribution in [0.25, 0.3) is 68.5 Å². The van der Waals surface area contributed by atoms with Crippen LogP contribution in [-0.4, -0.2) is 0 Å². The van der Waals surface area contributed by atoms with Crippen LogP contribution in [0.15, 0.2) is 182 Å². The molecule has 4 aliphatic rings. The van der Waals surface area contributed by atoms with Crippen molar-refractivity contribution in [2.24, 2.45) is 0 Å². The highest BCUT2D eigenvalue weighted by Gasteiger charge is 2.37. The van der Waals surface area contributed by atoms with Gasteiger partial charge in [0.15, 0.2) is 0 Å². The fraction of sp³-hybridized carbons (Fsp3) is 0.0820. The Labute approximate surface area is 369 Å². The first-order valence-corrected chi connectivity index (χ1v) is 22.2. The topological polar surface area (TPSA) is 6.48 Å². The lowest BCUT2D eigenvalue weighted by Crippen LogP contribution is -2.20. The molecular weight excluding hydrogens is 761 g/mol. The molecule has 13 rings (SSSR count). The lowest BCUT2D eigenvalue weighted by molar-refractivity contribution is 0.660. The quantitative estimate of drug-likeness (QED) is 0.164. The number of fused-ring (bicyclic) bond motifs is 10. The Hall–Kier alpha value is -7.68. The molecule has 0 amide bonds. The van der Waals surface area contributed by atoms with Gasteiger partial charge in [-0.2, -0.15) is 0 Å². The van der Waals surface area contributed by atoms with Gasteiger partial charge >= 0.3 is 0 Å². The second-order valence-electron chi connectivity index (χ2n) is 18.1. The van der Waals surface area contributed by atoms with Crippen molar-refractivity contribution in [2.75, 3.05) is 9.80 Å². The van der Waals surface area contributed by atoms with Crippen LogP contribution in [-0.2, 0) is 5.41 Å². The van der Waals surface area contributed by atoms with E-state index in [-0.39, 0.29) is 5.41 Å². The number of para-hydroxylation sites is 4. The lowest BCUT2D eigenvalue weighted by atomic mass is 9.81. The summed E-state index contributed by atoms with van der Waals surface area (Å²) in [6, 6.07) is 67.9. The minimum Gasteiger partial charge on any atom is -0.310 e. The molecule has 2 aliphatic heterocycles. The Morgan fingerprint density at radius 3 is 1.67 bits per heavy atom. The lowest BCUT2D eigenvalue weighted by Gasteiger charge is -2.36. The summed E-state index contributed by atoms with van der Waals surface area (Å²) in [7, 11) is 0. The molecule has 0 saturated carbocycles. The van der Waals surface area contributed by atoms with E-state index in [0.717, 1.165) is 0 Å². The highest BCUT2D eigenvalue weighted by Crippen LogP contribution is 2.55. The molecule has 9 aromatic rings. The van der Waals surface area contributed by atoms with E-state index in [1.807, 2.05) is 0 Å². The van der Waals surface area contributed by atoms with E-state index < -0.39 is 0 Å².